The van der Waals surface area contributed by atoms with Crippen molar-refractivity contribution < 1.29 is 0 Å². The SMILES string of the molecule is CN1/C2=C(/c3ccccc3)c3ccc([nH]3)/C(c3ccccc3)=C3/C=CC(/C(c4ccccc4)=c4/cc/c([nH]4)=C(\c4ccccc4)C1C=C2)N3C. The largest absolute Gasteiger partial charge is 0.363 e. The van der Waals surface area contributed by atoms with Crippen molar-refractivity contribution in [1.29, 1.82) is 0 Å². The van der Waals surface area contributed by atoms with Gasteiger partial charge in [-0.15, -0.1) is 0 Å². The van der Waals surface area contributed by atoms with Crippen LogP contribution in [-0.4, -0.2) is 45.9 Å². The Bertz CT molecular complexity index is 2270. The van der Waals surface area contributed by atoms with E-state index >= 15 is 0 Å². The van der Waals surface area contributed by atoms with Gasteiger partial charge in [-0.1, -0.05) is 133 Å². The molecule has 2 unspecified atom stereocenters. The minimum Gasteiger partial charge on any atom is -0.363 e. The molecule has 8 bridgehead atoms. The van der Waals surface area contributed by atoms with Crippen molar-refractivity contribution in [3.63, 3.8) is 0 Å². The zero-order valence-corrected chi connectivity index (χ0v) is 28.2. The van der Waals surface area contributed by atoms with E-state index in [1.807, 2.05) is 0 Å². The highest BCUT2D eigenvalue weighted by Crippen LogP contribution is 2.39. The Labute approximate surface area is 293 Å². The summed E-state index contributed by atoms with van der Waals surface area (Å²) in [7, 11) is 4.45. The van der Waals surface area contributed by atoms with Crippen molar-refractivity contribution >= 4 is 22.3 Å². The molecule has 4 nitrogen and oxygen atoms in total. The normalized spacial score (nSPS) is 23.6. The molecule has 2 aromatic heterocycles. The highest BCUT2D eigenvalue weighted by Gasteiger charge is 2.31. The highest BCUT2D eigenvalue weighted by molar-refractivity contribution is 5.88. The lowest BCUT2D eigenvalue weighted by molar-refractivity contribution is 0.441. The number of allylic oxidation sites excluding steroid dienone is 2. The number of nitrogens with one attached hydrogen (secondary N) is 2. The molecule has 4 heteroatoms. The lowest BCUT2D eigenvalue weighted by atomic mass is 9.97. The third-order valence-corrected chi connectivity index (χ3v) is 10.4. The van der Waals surface area contributed by atoms with Gasteiger partial charge in [-0.05, 0) is 58.7 Å². The summed E-state index contributed by atoms with van der Waals surface area (Å²) in [5.74, 6) is 0. The van der Waals surface area contributed by atoms with E-state index in [1.54, 1.807) is 0 Å². The van der Waals surface area contributed by atoms with Crippen LogP contribution >= 0.6 is 0 Å². The van der Waals surface area contributed by atoms with E-state index < -0.39 is 0 Å². The number of benzene rings is 4. The van der Waals surface area contributed by atoms with Crippen LogP contribution in [0, 0.1) is 0 Å². The summed E-state index contributed by atoms with van der Waals surface area (Å²) < 4.78 is 0. The number of H-pyrrole nitrogens is 2. The molecule has 6 aromatic rings. The molecular formula is C46H38N4. The molecule has 2 N–H and O–H groups in total. The lowest BCUT2D eigenvalue weighted by Gasteiger charge is -2.28. The van der Waals surface area contributed by atoms with Crippen LogP contribution in [0.15, 0.2) is 181 Å². The van der Waals surface area contributed by atoms with Crippen molar-refractivity contribution in [2.24, 2.45) is 0 Å². The first-order chi connectivity index (χ1) is 24.7. The number of nitrogens with zero attached hydrogens (tertiary/aromatic N) is 2. The Balaban J connectivity index is 1.39. The average molecular weight is 647 g/mol. The third-order valence-electron chi connectivity index (χ3n) is 10.4. The molecule has 2 atom stereocenters. The summed E-state index contributed by atoms with van der Waals surface area (Å²) in [4.78, 5) is 12.7. The van der Waals surface area contributed by atoms with Crippen LogP contribution in [-0.2, 0) is 0 Å². The molecule has 50 heavy (non-hydrogen) atoms. The summed E-state index contributed by atoms with van der Waals surface area (Å²) >= 11 is 0. The number of aromatic nitrogens is 2. The van der Waals surface area contributed by atoms with Gasteiger partial charge in [-0.2, -0.15) is 0 Å². The number of hydrogen-bond acceptors (Lipinski definition) is 2. The van der Waals surface area contributed by atoms with Gasteiger partial charge in [-0.3, -0.25) is 0 Å². The molecule has 0 aliphatic carbocycles. The summed E-state index contributed by atoms with van der Waals surface area (Å²) in [5.41, 5.74) is 14.1. The highest BCUT2D eigenvalue weighted by atomic mass is 15.2. The zero-order chi connectivity index (χ0) is 33.6. The van der Waals surface area contributed by atoms with Gasteiger partial charge < -0.3 is 19.8 Å². The molecule has 3 aliphatic rings. The van der Waals surface area contributed by atoms with Gasteiger partial charge in [0.2, 0.25) is 0 Å². The maximum Gasteiger partial charge on any atom is 0.0753 e. The maximum atomic E-state index is 3.95. The number of rotatable bonds is 4. The quantitative estimate of drug-likeness (QED) is 0.206. The maximum absolute atomic E-state index is 3.95. The van der Waals surface area contributed by atoms with Gasteiger partial charge in [0.15, 0.2) is 0 Å². The van der Waals surface area contributed by atoms with E-state index in [0.29, 0.717) is 0 Å². The molecule has 9 rings (SSSR count). The van der Waals surface area contributed by atoms with Gasteiger partial charge in [0.05, 0.1) is 12.1 Å². The fraction of sp³-hybridized carbons (Fsp3) is 0.0870. The summed E-state index contributed by atoms with van der Waals surface area (Å²) in [6.45, 7) is 0. The first kappa shape index (κ1) is 29.8. The third kappa shape index (κ3) is 5.00. The van der Waals surface area contributed by atoms with Crippen LogP contribution in [0.3, 0.4) is 0 Å². The fourth-order valence-electron chi connectivity index (χ4n) is 7.95. The van der Waals surface area contributed by atoms with E-state index in [9.17, 15) is 0 Å². The molecule has 0 fully saturated rings. The first-order valence-corrected chi connectivity index (χ1v) is 17.3. The first-order valence-electron chi connectivity index (χ1n) is 17.3. The van der Waals surface area contributed by atoms with E-state index in [1.165, 1.54) is 55.9 Å². The van der Waals surface area contributed by atoms with Crippen LogP contribution in [0.4, 0.5) is 0 Å². The molecule has 0 saturated carbocycles. The summed E-state index contributed by atoms with van der Waals surface area (Å²) in [5, 5.41) is 2.23. The Hall–Kier alpha value is -6.26. The second-order valence-electron chi connectivity index (χ2n) is 13.2. The van der Waals surface area contributed by atoms with Crippen LogP contribution < -0.4 is 10.7 Å². The minimum atomic E-state index is 0.0144. The molecule has 0 saturated heterocycles. The van der Waals surface area contributed by atoms with E-state index in [4.69, 9.17) is 0 Å². The molecule has 0 radical (unpaired) electrons. The zero-order valence-electron chi connectivity index (χ0n) is 28.2. The van der Waals surface area contributed by atoms with Crippen molar-refractivity contribution in [3.8, 4) is 0 Å². The van der Waals surface area contributed by atoms with Gasteiger partial charge in [0, 0.05) is 69.9 Å². The van der Waals surface area contributed by atoms with Crippen LogP contribution in [0.25, 0.3) is 22.3 Å². The monoisotopic (exact) mass is 646 g/mol. The lowest BCUT2D eigenvalue weighted by Crippen LogP contribution is -2.33. The topological polar surface area (TPSA) is 38.1 Å². The molecular weight excluding hydrogens is 609 g/mol. The summed E-state index contributed by atoms with van der Waals surface area (Å²) in [6.07, 6.45) is 9.30. The molecule has 4 aromatic carbocycles. The van der Waals surface area contributed by atoms with Crippen molar-refractivity contribution in [2.45, 2.75) is 12.1 Å². The van der Waals surface area contributed by atoms with Crippen LogP contribution in [0.5, 0.6) is 0 Å². The number of hydrogen-bond donors (Lipinski definition) is 2. The predicted molar refractivity (Wildman–Crippen MR) is 205 cm³/mol. The Morgan fingerprint density at radius 3 is 1.14 bits per heavy atom. The van der Waals surface area contributed by atoms with E-state index in [-0.39, 0.29) is 12.1 Å². The van der Waals surface area contributed by atoms with Crippen molar-refractivity contribution in [1.82, 2.24) is 19.8 Å². The number of likely N-dealkylation sites (N-methyl/N-ethyl adjacent to an activating group) is 2. The van der Waals surface area contributed by atoms with Crippen molar-refractivity contribution in [3.05, 3.63) is 226 Å². The predicted octanol–water partition coefficient (Wildman–Crippen LogP) is 7.71. The van der Waals surface area contributed by atoms with Crippen molar-refractivity contribution in [2.75, 3.05) is 14.1 Å². The summed E-state index contributed by atoms with van der Waals surface area (Å²) in [6, 6.07) is 52.2. The van der Waals surface area contributed by atoms with Crippen LogP contribution in [0.1, 0.15) is 33.6 Å². The Morgan fingerprint density at radius 2 is 0.760 bits per heavy atom. The fourth-order valence-corrected chi connectivity index (χ4v) is 7.95. The van der Waals surface area contributed by atoms with Gasteiger partial charge in [0.1, 0.15) is 0 Å². The van der Waals surface area contributed by atoms with E-state index in [2.05, 4.69) is 204 Å². The van der Waals surface area contributed by atoms with Gasteiger partial charge in [0.25, 0.3) is 0 Å². The molecule has 0 spiro atoms. The second-order valence-corrected chi connectivity index (χ2v) is 13.2. The second kappa shape index (κ2) is 12.3. The van der Waals surface area contributed by atoms with Crippen LogP contribution in [0.2, 0.25) is 0 Å². The van der Waals surface area contributed by atoms with Gasteiger partial charge >= 0.3 is 0 Å². The molecule has 0 amide bonds. The number of fused-ring (bicyclic) bond motifs is 8. The minimum absolute atomic E-state index is 0.0144. The number of aromatic amines is 2. The molecule has 242 valence electrons. The van der Waals surface area contributed by atoms with E-state index in [0.717, 1.165) is 22.1 Å². The van der Waals surface area contributed by atoms with Gasteiger partial charge in [-0.25, -0.2) is 0 Å². The average Bonchev–Trinajstić information content (AvgIpc) is 3.98. The molecule has 5 heterocycles. The Kier molecular flexibility index (Phi) is 7.35. The Morgan fingerprint density at radius 1 is 0.400 bits per heavy atom. The molecule has 3 aliphatic heterocycles. The standard InChI is InChI=1S/C46H38N4/c1-49-39-27-28-40(49)44(32-17-9-4-10-18-32)36-24-26-38(48-36)46(34-21-13-6-14-22-34)42-30-29-41(50(42)2)45(33-19-11-5-12-20-33)37-25-23-35(47-37)43(39)31-15-7-3-8-16-31/h3-30,39,41,47-48H,1-2H3/b43-35-,44-40-,45-37-,46-42-. The smallest absolute Gasteiger partial charge is 0.0753 e.